The van der Waals surface area contributed by atoms with Crippen molar-refractivity contribution < 1.29 is 0 Å². The van der Waals surface area contributed by atoms with Gasteiger partial charge in [0.2, 0.25) is 0 Å². The highest BCUT2D eigenvalue weighted by atomic mass is 15.3. The van der Waals surface area contributed by atoms with Crippen molar-refractivity contribution in [1.82, 2.24) is 0 Å². The third kappa shape index (κ3) is 1.92. The molecule has 21 heavy (non-hydrogen) atoms. The van der Waals surface area contributed by atoms with Crippen molar-refractivity contribution in [2.24, 2.45) is 5.73 Å². The maximum Gasteiger partial charge on any atom is 0.0609 e. The van der Waals surface area contributed by atoms with Gasteiger partial charge in [-0.05, 0) is 29.7 Å². The van der Waals surface area contributed by atoms with Crippen LogP contribution >= 0.6 is 0 Å². The largest absolute Gasteiger partial charge is 0.371 e. The van der Waals surface area contributed by atoms with Gasteiger partial charge in [-0.3, -0.25) is 0 Å². The summed E-state index contributed by atoms with van der Waals surface area (Å²) in [7, 11) is 2.17. The minimum atomic E-state index is 0.165. The number of para-hydroxylation sites is 2. The first kappa shape index (κ1) is 12.7. The number of fused-ring (bicyclic) bond motifs is 2. The summed E-state index contributed by atoms with van der Waals surface area (Å²) in [5.41, 5.74) is 11.7. The Labute approximate surface area is 126 Å². The first-order valence-electron chi connectivity index (χ1n) is 7.67. The Kier molecular flexibility index (Phi) is 2.89. The second-order valence-corrected chi connectivity index (χ2v) is 6.09. The SMILES string of the molecule is CN1CCN(C2CC(N)c3ccccc32)c2ccccc21. The van der Waals surface area contributed by atoms with Crippen LogP contribution in [0.25, 0.3) is 0 Å². The van der Waals surface area contributed by atoms with E-state index >= 15 is 0 Å². The van der Waals surface area contributed by atoms with E-state index < -0.39 is 0 Å². The van der Waals surface area contributed by atoms with Crippen molar-refractivity contribution in [3.8, 4) is 0 Å². The molecule has 2 aromatic carbocycles. The van der Waals surface area contributed by atoms with Gasteiger partial charge in [0.25, 0.3) is 0 Å². The average Bonchev–Trinajstić information content (AvgIpc) is 2.86. The van der Waals surface area contributed by atoms with Gasteiger partial charge in [0.05, 0.1) is 17.4 Å². The van der Waals surface area contributed by atoms with Gasteiger partial charge in [-0.1, -0.05) is 36.4 Å². The summed E-state index contributed by atoms with van der Waals surface area (Å²) in [5.74, 6) is 0. The fourth-order valence-electron chi connectivity index (χ4n) is 3.79. The molecule has 4 rings (SSSR count). The Morgan fingerprint density at radius 2 is 1.57 bits per heavy atom. The predicted octanol–water partition coefficient (Wildman–Crippen LogP) is 3.09. The zero-order valence-corrected chi connectivity index (χ0v) is 12.4. The van der Waals surface area contributed by atoms with Crippen molar-refractivity contribution in [1.29, 1.82) is 0 Å². The molecule has 1 heterocycles. The van der Waals surface area contributed by atoms with Crippen LogP contribution in [-0.2, 0) is 0 Å². The molecule has 3 heteroatoms. The molecule has 2 aliphatic rings. The van der Waals surface area contributed by atoms with Crippen LogP contribution in [0.4, 0.5) is 11.4 Å². The Morgan fingerprint density at radius 3 is 2.38 bits per heavy atom. The number of nitrogens with zero attached hydrogens (tertiary/aromatic N) is 2. The second-order valence-electron chi connectivity index (χ2n) is 6.09. The highest BCUT2D eigenvalue weighted by molar-refractivity contribution is 5.74. The Bertz CT molecular complexity index is 667. The Hall–Kier alpha value is -2.00. The molecule has 0 radical (unpaired) electrons. The topological polar surface area (TPSA) is 32.5 Å². The van der Waals surface area contributed by atoms with Crippen LogP contribution in [0.3, 0.4) is 0 Å². The molecule has 0 fully saturated rings. The third-order valence-corrected chi connectivity index (χ3v) is 4.89. The molecule has 0 amide bonds. The first-order valence-corrected chi connectivity index (χ1v) is 7.67. The number of anilines is 2. The van der Waals surface area contributed by atoms with Gasteiger partial charge in [-0.2, -0.15) is 0 Å². The van der Waals surface area contributed by atoms with Gasteiger partial charge < -0.3 is 15.5 Å². The molecule has 2 unspecified atom stereocenters. The van der Waals surface area contributed by atoms with Crippen LogP contribution in [0.1, 0.15) is 29.6 Å². The van der Waals surface area contributed by atoms with Crippen molar-refractivity contribution in [2.45, 2.75) is 18.5 Å². The summed E-state index contributed by atoms with van der Waals surface area (Å²) in [4.78, 5) is 4.88. The van der Waals surface area contributed by atoms with Crippen LogP contribution in [0.2, 0.25) is 0 Å². The smallest absolute Gasteiger partial charge is 0.0609 e. The Balaban J connectivity index is 1.78. The molecule has 0 aromatic heterocycles. The molecule has 2 N–H and O–H groups in total. The van der Waals surface area contributed by atoms with E-state index in [1.807, 2.05) is 0 Å². The van der Waals surface area contributed by atoms with E-state index in [0.29, 0.717) is 6.04 Å². The van der Waals surface area contributed by atoms with Crippen LogP contribution < -0.4 is 15.5 Å². The molecule has 3 nitrogen and oxygen atoms in total. The molecule has 0 spiro atoms. The monoisotopic (exact) mass is 279 g/mol. The predicted molar refractivity (Wildman–Crippen MR) is 87.8 cm³/mol. The Morgan fingerprint density at radius 1 is 0.905 bits per heavy atom. The number of hydrogen-bond donors (Lipinski definition) is 1. The van der Waals surface area contributed by atoms with Gasteiger partial charge in [0.15, 0.2) is 0 Å². The zero-order valence-electron chi connectivity index (χ0n) is 12.4. The number of rotatable bonds is 1. The maximum absolute atomic E-state index is 6.35. The fourth-order valence-corrected chi connectivity index (χ4v) is 3.79. The summed E-state index contributed by atoms with van der Waals surface area (Å²) >= 11 is 0. The molecule has 2 atom stereocenters. The lowest BCUT2D eigenvalue weighted by Crippen LogP contribution is -2.40. The summed E-state index contributed by atoms with van der Waals surface area (Å²) in [6.07, 6.45) is 1.01. The van der Waals surface area contributed by atoms with E-state index in [4.69, 9.17) is 5.73 Å². The molecule has 0 saturated heterocycles. The van der Waals surface area contributed by atoms with Crippen LogP contribution in [0, 0.1) is 0 Å². The highest BCUT2D eigenvalue weighted by Crippen LogP contribution is 2.45. The van der Waals surface area contributed by atoms with Gasteiger partial charge >= 0.3 is 0 Å². The second kappa shape index (κ2) is 4.78. The van der Waals surface area contributed by atoms with Crippen molar-refractivity contribution in [2.75, 3.05) is 29.9 Å². The minimum Gasteiger partial charge on any atom is -0.371 e. The molecule has 108 valence electrons. The first-order chi connectivity index (χ1) is 10.3. The van der Waals surface area contributed by atoms with E-state index in [1.165, 1.54) is 22.5 Å². The lowest BCUT2D eigenvalue weighted by molar-refractivity contribution is 0.556. The van der Waals surface area contributed by atoms with E-state index in [1.54, 1.807) is 0 Å². The molecular weight excluding hydrogens is 258 g/mol. The molecular formula is C18H21N3. The molecule has 0 bridgehead atoms. The number of benzene rings is 2. The number of hydrogen-bond acceptors (Lipinski definition) is 3. The maximum atomic E-state index is 6.35. The van der Waals surface area contributed by atoms with E-state index in [-0.39, 0.29) is 6.04 Å². The van der Waals surface area contributed by atoms with Gasteiger partial charge in [-0.25, -0.2) is 0 Å². The molecule has 2 aromatic rings. The summed E-state index contributed by atoms with van der Waals surface area (Å²) < 4.78 is 0. The van der Waals surface area contributed by atoms with Crippen molar-refractivity contribution in [3.05, 3.63) is 59.7 Å². The summed E-state index contributed by atoms with van der Waals surface area (Å²) in [6, 6.07) is 17.9. The van der Waals surface area contributed by atoms with Gasteiger partial charge in [0.1, 0.15) is 0 Å². The van der Waals surface area contributed by atoms with Crippen molar-refractivity contribution >= 4 is 11.4 Å². The lowest BCUT2D eigenvalue weighted by Gasteiger charge is -2.40. The number of likely N-dealkylation sites (N-methyl/N-ethyl adjacent to an activating group) is 1. The average molecular weight is 279 g/mol. The normalized spacial score (nSPS) is 23.9. The van der Waals surface area contributed by atoms with E-state index in [9.17, 15) is 0 Å². The van der Waals surface area contributed by atoms with Gasteiger partial charge in [-0.15, -0.1) is 0 Å². The molecule has 0 saturated carbocycles. The van der Waals surface area contributed by atoms with Crippen LogP contribution in [-0.4, -0.2) is 20.1 Å². The minimum absolute atomic E-state index is 0.165. The standard InChI is InChI=1S/C18H21N3/c1-20-10-11-21(17-9-5-4-8-16(17)20)18-12-15(19)13-6-2-3-7-14(13)18/h2-9,15,18H,10-12,19H2,1H3. The number of nitrogens with two attached hydrogens (primary N) is 1. The highest BCUT2D eigenvalue weighted by Gasteiger charge is 2.35. The summed E-state index contributed by atoms with van der Waals surface area (Å²) in [6.45, 7) is 2.12. The fraction of sp³-hybridized carbons (Fsp3) is 0.333. The quantitative estimate of drug-likeness (QED) is 0.870. The molecule has 1 aliphatic heterocycles. The zero-order chi connectivity index (χ0) is 14.4. The third-order valence-electron chi connectivity index (χ3n) is 4.89. The van der Waals surface area contributed by atoms with Gasteiger partial charge in [0, 0.05) is 26.2 Å². The molecule has 1 aliphatic carbocycles. The summed E-state index contributed by atoms with van der Waals surface area (Å²) in [5, 5.41) is 0. The van der Waals surface area contributed by atoms with E-state index in [2.05, 4.69) is 65.4 Å². The van der Waals surface area contributed by atoms with Crippen molar-refractivity contribution in [3.63, 3.8) is 0 Å². The lowest BCUT2D eigenvalue weighted by atomic mass is 10.0. The van der Waals surface area contributed by atoms with E-state index in [0.717, 1.165) is 19.5 Å². The van der Waals surface area contributed by atoms with Crippen LogP contribution in [0.15, 0.2) is 48.5 Å². The van der Waals surface area contributed by atoms with Crippen LogP contribution in [0.5, 0.6) is 0 Å².